The number of H-pyrrole nitrogens is 1. The van der Waals surface area contributed by atoms with E-state index in [-0.39, 0.29) is 11.7 Å². The molecule has 3 N–H and O–H groups in total. The maximum absolute atomic E-state index is 13.0. The number of sulfonamides is 1. The fourth-order valence-corrected chi connectivity index (χ4v) is 7.22. The normalized spacial score (nSPS) is 18.9. The van der Waals surface area contributed by atoms with E-state index in [4.69, 9.17) is 5.73 Å². The number of nitrogens with zero attached hydrogens (tertiary/aromatic N) is 3. The van der Waals surface area contributed by atoms with E-state index >= 15 is 0 Å². The molecule has 0 saturated carbocycles. The standard InChI is InChI=1S/C28H37N5O3S/c1-31-13-15-32(16-14-31)10-5-17-37(35,36)33-11-8-22(9-12-33)26-20-30-27-24(26)18-23(19-25(27)28(29)34)21-6-3-2-4-7-21/h2-4,6-7,18-20,22,30H,5,8-17H2,1H3,(H2,29,34). The Bertz CT molecular complexity index is 1340. The summed E-state index contributed by atoms with van der Waals surface area (Å²) < 4.78 is 27.8. The third kappa shape index (κ3) is 5.75. The summed E-state index contributed by atoms with van der Waals surface area (Å²) in [6.07, 6.45) is 4.15. The van der Waals surface area contributed by atoms with Gasteiger partial charge in [0, 0.05) is 50.9 Å². The van der Waals surface area contributed by atoms with E-state index in [0.717, 1.165) is 73.2 Å². The largest absolute Gasteiger partial charge is 0.366 e. The number of carbonyl (C=O) groups excluding carboxylic acids is 1. The predicted molar refractivity (Wildman–Crippen MR) is 148 cm³/mol. The van der Waals surface area contributed by atoms with Gasteiger partial charge in [0.25, 0.3) is 5.91 Å². The summed E-state index contributed by atoms with van der Waals surface area (Å²) in [4.78, 5) is 20.2. The fourth-order valence-electron chi connectivity index (χ4n) is 5.70. The summed E-state index contributed by atoms with van der Waals surface area (Å²) in [7, 11) is -1.14. The maximum Gasteiger partial charge on any atom is 0.250 e. The number of piperidine rings is 1. The Morgan fingerprint density at radius 3 is 2.38 bits per heavy atom. The van der Waals surface area contributed by atoms with Gasteiger partial charge < -0.3 is 20.5 Å². The highest BCUT2D eigenvalue weighted by molar-refractivity contribution is 7.89. The molecule has 5 rings (SSSR count). The van der Waals surface area contributed by atoms with Crippen molar-refractivity contribution in [3.8, 4) is 11.1 Å². The maximum atomic E-state index is 13.0. The number of nitrogens with two attached hydrogens (primary N) is 1. The van der Waals surface area contributed by atoms with E-state index in [0.29, 0.717) is 25.1 Å². The van der Waals surface area contributed by atoms with Crippen LogP contribution < -0.4 is 5.73 Å². The Kier molecular flexibility index (Phi) is 7.67. The molecule has 9 heteroatoms. The number of primary amides is 1. The van der Waals surface area contributed by atoms with Crippen LogP contribution in [-0.4, -0.2) is 92.0 Å². The molecule has 0 bridgehead atoms. The highest BCUT2D eigenvalue weighted by Gasteiger charge is 2.30. The van der Waals surface area contributed by atoms with Crippen molar-refractivity contribution >= 4 is 26.8 Å². The van der Waals surface area contributed by atoms with E-state index in [1.54, 1.807) is 4.31 Å². The summed E-state index contributed by atoms with van der Waals surface area (Å²) in [6.45, 7) is 5.99. The van der Waals surface area contributed by atoms with Crippen LogP contribution in [0.1, 0.15) is 41.1 Å². The average Bonchev–Trinajstić information content (AvgIpc) is 3.34. The van der Waals surface area contributed by atoms with E-state index in [9.17, 15) is 13.2 Å². The number of amides is 1. The van der Waals surface area contributed by atoms with Crippen LogP contribution in [0, 0.1) is 0 Å². The zero-order valence-electron chi connectivity index (χ0n) is 21.5. The number of nitrogens with one attached hydrogen (secondary N) is 1. The molecule has 37 heavy (non-hydrogen) atoms. The van der Waals surface area contributed by atoms with Crippen molar-refractivity contribution in [1.29, 1.82) is 0 Å². The summed E-state index contributed by atoms with van der Waals surface area (Å²) in [5.41, 5.74) is 10.1. The van der Waals surface area contributed by atoms with Gasteiger partial charge in [-0.3, -0.25) is 4.79 Å². The number of benzene rings is 2. The molecule has 8 nitrogen and oxygen atoms in total. The number of carbonyl (C=O) groups is 1. The molecular formula is C28H37N5O3S. The van der Waals surface area contributed by atoms with Crippen molar-refractivity contribution in [3.63, 3.8) is 0 Å². The van der Waals surface area contributed by atoms with Crippen molar-refractivity contribution in [1.82, 2.24) is 19.1 Å². The molecule has 0 atom stereocenters. The van der Waals surface area contributed by atoms with E-state index in [1.807, 2.05) is 42.6 Å². The molecular weight excluding hydrogens is 486 g/mol. The van der Waals surface area contributed by atoms with Crippen LogP contribution in [0.2, 0.25) is 0 Å². The van der Waals surface area contributed by atoms with E-state index < -0.39 is 15.9 Å². The lowest BCUT2D eigenvalue weighted by molar-refractivity contribution is 0.100. The number of hydrogen-bond acceptors (Lipinski definition) is 5. The average molecular weight is 524 g/mol. The second-order valence-electron chi connectivity index (χ2n) is 10.4. The van der Waals surface area contributed by atoms with Crippen LogP contribution in [0.25, 0.3) is 22.0 Å². The molecule has 2 fully saturated rings. The molecule has 0 aliphatic carbocycles. The van der Waals surface area contributed by atoms with Gasteiger partial charge >= 0.3 is 0 Å². The van der Waals surface area contributed by atoms with Gasteiger partial charge in [-0.05, 0) is 67.6 Å². The first kappa shape index (κ1) is 25.9. The minimum Gasteiger partial charge on any atom is -0.366 e. The van der Waals surface area contributed by atoms with Crippen LogP contribution in [0.5, 0.6) is 0 Å². The number of likely N-dealkylation sites (N-methyl/N-ethyl adjacent to an activating group) is 1. The zero-order valence-corrected chi connectivity index (χ0v) is 22.3. The van der Waals surface area contributed by atoms with Crippen molar-refractivity contribution in [2.45, 2.75) is 25.2 Å². The number of aromatic nitrogens is 1. The second-order valence-corrected chi connectivity index (χ2v) is 12.5. The first-order chi connectivity index (χ1) is 17.8. The summed E-state index contributed by atoms with van der Waals surface area (Å²) in [5, 5.41) is 0.989. The van der Waals surface area contributed by atoms with Crippen molar-refractivity contribution in [2.24, 2.45) is 5.73 Å². The molecule has 1 aromatic heterocycles. The minimum absolute atomic E-state index is 0.208. The van der Waals surface area contributed by atoms with Gasteiger partial charge in [0.15, 0.2) is 0 Å². The molecule has 0 unspecified atom stereocenters. The fraction of sp³-hybridized carbons (Fsp3) is 0.464. The van der Waals surface area contributed by atoms with Crippen molar-refractivity contribution < 1.29 is 13.2 Å². The Labute approximate surface area is 219 Å². The van der Waals surface area contributed by atoms with Gasteiger partial charge in [0.2, 0.25) is 10.0 Å². The molecule has 2 aliphatic heterocycles. The zero-order chi connectivity index (χ0) is 26.0. The lowest BCUT2D eigenvalue weighted by Gasteiger charge is -2.33. The molecule has 2 aromatic carbocycles. The minimum atomic E-state index is -3.26. The van der Waals surface area contributed by atoms with Gasteiger partial charge in [0.1, 0.15) is 0 Å². The molecule has 0 spiro atoms. The smallest absolute Gasteiger partial charge is 0.250 e. The highest BCUT2D eigenvalue weighted by atomic mass is 32.2. The molecule has 3 aromatic rings. The van der Waals surface area contributed by atoms with Gasteiger partial charge in [0.05, 0.1) is 16.8 Å². The Morgan fingerprint density at radius 2 is 1.70 bits per heavy atom. The first-order valence-electron chi connectivity index (χ1n) is 13.2. The summed E-state index contributed by atoms with van der Waals surface area (Å²) >= 11 is 0. The molecule has 1 amide bonds. The van der Waals surface area contributed by atoms with Crippen LogP contribution >= 0.6 is 0 Å². The topological polar surface area (TPSA) is 103 Å². The van der Waals surface area contributed by atoms with Gasteiger partial charge in [-0.15, -0.1) is 0 Å². The van der Waals surface area contributed by atoms with Gasteiger partial charge in [-0.25, -0.2) is 12.7 Å². The Balaban J connectivity index is 1.26. The number of hydrogen-bond donors (Lipinski definition) is 2. The summed E-state index contributed by atoms with van der Waals surface area (Å²) in [6, 6.07) is 13.9. The second kappa shape index (κ2) is 10.9. The number of piperazine rings is 1. The van der Waals surface area contributed by atoms with Crippen LogP contribution in [0.15, 0.2) is 48.7 Å². The lowest BCUT2D eigenvalue weighted by atomic mass is 9.88. The van der Waals surface area contributed by atoms with Crippen molar-refractivity contribution in [3.05, 3.63) is 59.8 Å². The van der Waals surface area contributed by atoms with Gasteiger partial charge in [-0.2, -0.15) is 0 Å². The van der Waals surface area contributed by atoms with Crippen LogP contribution in [0.3, 0.4) is 0 Å². The molecule has 0 radical (unpaired) electrons. The number of aromatic amines is 1. The quantitative estimate of drug-likeness (QED) is 0.472. The predicted octanol–water partition coefficient (Wildman–Crippen LogP) is 3.08. The summed E-state index contributed by atoms with van der Waals surface area (Å²) in [5.74, 6) is -0.0366. The number of rotatable bonds is 8. The molecule has 2 saturated heterocycles. The number of fused-ring (bicyclic) bond motifs is 1. The first-order valence-corrected chi connectivity index (χ1v) is 14.8. The van der Waals surface area contributed by atoms with Gasteiger partial charge in [-0.1, -0.05) is 30.3 Å². The molecule has 3 heterocycles. The third-order valence-electron chi connectivity index (χ3n) is 7.95. The molecule has 2 aliphatic rings. The van der Waals surface area contributed by atoms with Crippen LogP contribution in [0.4, 0.5) is 0 Å². The Morgan fingerprint density at radius 1 is 1.00 bits per heavy atom. The SMILES string of the molecule is CN1CCN(CCCS(=O)(=O)N2CCC(c3c[nH]c4c(C(N)=O)cc(-c5ccccc5)cc34)CC2)CC1. The van der Waals surface area contributed by atoms with Crippen LogP contribution in [-0.2, 0) is 10.0 Å². The Hall–Kier alpha value is -2.72. The molecule has 198 valence electrons. The van der Waals surface area contributed by atoms with Crippen molar-refractivity contribution in [2.75, 3.05) is 58.6 Å². The monoisotopic (exact) mass is 523 g/mol. The van der Waals surface area contributed by atoms with E-state index in [2.05, 4.69) is 27.9 Å². The highest BCUT2D eigenvalue weighted by Crippen LogP contribution is 2.37. The lowest BCUT2D eigenvalue weighted by Crippen LogP contribution is -2.45. The third-order valence-corrected chi connectivity index (χ3v) is 9.91. The van der Waals surface area contributed by atoms with E-state index in [1.165, 1.54) is 0 Å².